The molecule has 0 spiro atoms. The Balaban J connectivity index is 1.65. The fourth-order valence-corrected chi connectivity index (χ4v) is 5.63. The van der Waals surface area contributed by atoms with Crippen LogP contribution in [0.3, 0.4) is 0 Å². The van der Waals surface area contributed by atoms with Crippen molar-refractivity contribution in [1.29, 1.82) is 0 Å². The predicted octanol–water partition coefficient (Wildman–Crippen LogP) is 1.34. The Morgan fingerprint density at radius 1 is 0.900 bits per heavy atom. The van der Waals surface area contributed by atoms with Crippen LogP contribution in [0.2, 0.25) is 0 Å². The van der Waals surface area contributed by atoms with Crippen LogP contribution in [0.5, 0.6) is 0 Å². The molecule has 0 radical (unpaired) electrons. The quantitative estimate of drug-likeness (QED) is 0.351. The van der Waals surface area contributed by atoms with E-state index in [1.807, 2.05) is 0 Å². The smallest absolute Gasteiger partial charge is 0.350 e. The molecule has 2 aromatic carbocycles. The van der Waals surface area contributed by atoms with E-state index in [9.17, 15) is 44.4 Å². The Labute approximate surface area is 228 Å². The van der Waals surface area contributed by atoms with E-state index in [4.69, 9.17) is 5.14 Å². The summed E-state index contributed by atoms with van der Waals surface area (Å²) in [6, 6.07) is 5.56. The molecule has 40 heavy (non-hydrogen) atoms. The number of nitrogens with one attached hydrogen (secondary N) is 3. The number of rotatable bonds is 8. The molecule has 1 aliphatic rings. The van der Waals surface area contributed by atoms with Crippen LogP contribution in [0.25, 0.3) is 0 Å². The zero-order chi connectivity index (χ0) is 29.9. The molecule has 2 aromatic rings. The topological polar surface area (TPSA) is 182 Å². The number of carbonyl (C=O) groups excluding carboxylic acids is 3. The van der Waals surface area contributed by atoms with E-state index in [1.54, 1.807) is 0 Å². The summed E-state index contributed by atoms with van der Waals surface area (Å²) in [5, 5.41) is 12.7. The molecule has 0 heterocycles. The SMILES string of the molecule is CS(=O)(=O)c1ccc(C(F)(F)F)cc1C(=O)NCC(=O)N[C@@H]1CCCC[C@@H]1NC(=O)c1ccc(S(N)(=O)=O)cc1. The molecule has 0 unspecified atom stereocenters. The summed E-state index contributed by atoms with van der Waals surface area (Å²) < 4.78 is 86.2. The fraction of sp³-hybridized carbons (Fsp3) is 0.375. The number of amides is 3. The van der Waals surface area contributed by atoms with Crippen molar-refractivity contribution in [2.75, 3.05) is 12.8 Å². The molecule has 1 fully saturated rings. The lowest BCUT2D eigenvalue weighted by Gasteiger charge is -2.33. The summed E-state index contributed by atoms with van der Waals surface area (Å²) in [4.78, 5) is 37.1. The van der Waals surface area contributed by atoms with Crippen LogP contribution in [-0.4, -0.2) is 59.4 Å². The minimum atomic E-state index is -4.83. The number of hydrogen-bond acceptors (Lipinski definition) is 7. The van der Waals surface area contributed by atoms with E-state index in [0.717, 1.165) is 19.1 Å². The second-order valence-corrected chi connectivity index (χ2v) is 12.8. The van der Waals surface area contributed by atoms with Gasteiger partial charge < -0.3 is 16.0 Å². The van der Waals surface area contributed by atoms with E-state index in [2.05, 4.69) is 16.0 Å². The van der Waals surface area contributed by atoms with Crippen molar-refractivity contribution < 1.29 is 44.4 Å². The molecule has 1 aliphatic carbocycles. The van der Waals surface area contributed by atoms with Gasteiger partial charge in [-0.1, -0.05) is 12.8 Å². The van der Waals surface area contributed by atoms with Gasteiger partial charge in [-0.25, -0.2) is 22.0 Å². The molecule has 0 bridgehead atoms. The number of sulfone groups is 1. The number of alkyl halides is 3. The number of benzene rings is 2. The van der Waals surface area contributed by atoms with Gasteiger partial charge in [-0.3, -0.25) is 14.4 Å². The highest BCUT2D eigenvalue weighted by molar-refractivity contribution is 7.90. The van der Waals surface area contributed by atoms with Crippen LogP contribution in [0.1, 0.15) is 52.0 Å². The lowest BCUT2D eigenvalue weighted by Crippen LogP contribution is -2.54. The average molecular weight is 605 g/mol. The highest BCUT2D eigenvalue weighted by Gasteiger charge is 2.33. The second kappa shape index (κ2) is 11.9. The van der Waals surface area contributed by atoms with Crippen molar-refractivity contribution in [2.24, 2.45) is 5.14 Å². The molecule has 16 heteroatoms. The van der Waals surface area contributed by atoms with Crippen molar-refractivity contribution in [2.45, 2.75) is 53.7 Å². The fourth-order valence-electron chi connectivity index (χ4n) is 4.24. The first-order valence-corrected chi connectivity index (χ1v) is 15.3. The molecule has 3 rings (SSSR count). The summed E-state index contributed by atoms with van der Waals surface area (Å²) in [5.41, 5.74) is -1.81. The van der Waals surface area contributed by atoms with E-state index < -0.39 is 78.4 Å². The number of primary sulfonamides is 1. The van der Waals surface area contributed by atoms with Gasteiger partial charge in [0.25, 0.3) is 11.8 Å². The molecular formula is C24H27F3N4O7S2. The van der Waals surface area contributed by atoms with Gasteiger partial charge in [0.1, 0.15) is 0 Å². The van der Waals surface area contributed by atoms with Gasteiger partial charge in [-0.15, -0.1) is 0 Å². The number of sulfonamides is 1. The minimum Gasteiger partial charge on any atom is -0.350 e. The van der Waals surface area contributed by atoms with Crippen molar-refractivity contribution in [3.8, 4) is 0 Å². The van der Waals surface area contributed by atoms with Crippen molar-refractivity contribution in [1.82, 2.24) is 16.0 Å². The maximum atomic E-state index is 13.1. The highest BCUT2D eigenvalue weighted by Crippen LogP contribution is 2.31. The van der Waals surface area contributed by atoms with Gasteiger partial charge in [-0.2, -0.15) is 13.2 Å². The molecule has 0 saturated heterocycles. The summed E-state index contributed by atoms with van der Waals surface area (Å²) >= 11 is 0. The van der Waals surface area contributed by atoms with Crippen LogP contribution in [-0.2, 0) is 30.8 Å². The minimum absolute atomic E-state index is 0.164. The largest absolute Gasteiger partial charge is 0.416 e. The molecule has 5 N–H and O–H groups in total. The standard InChI is InChI=1S/C24H27F3N4O7S2/c1-39(35,36)20-11-8-15(24(25,26)27)12-17(20)23(34)29-13-21(32)30-18-4-2-3-5-19(18)31-22(33)14-6-9-16(10-7-14)40(28,37)38/h6-12,18-19H,2-5,13H2,1H3,(H,29,34)(H,30,32)(H,31,33)(H2,28,37,38)/t18-,19+/m1/s1. The molecule has 218 valence electrons. The van der Waals surface area contributed by atoms with Gasteiger partial charge in [0.2, 0.25) is 15.9 Å². The average Bonchev–Trinajstić information content (AvgIpc) is 2.86. The molecule has 11 nitrogen and oxygen atoms in total. The normalized spacial score (nSPS) is 18.0. The number of nitrogens with two attached hydrogens (primary N) is 1. The van der Waals surface area contributed by atoms with E-state index in [1.165, 1.54) is 24.3 Å². The first-order valence-electron chi connectivity index (χ1n) is 11.9. The van der Waals surface area contributed by atoms with Crippen molar-refractivity contribution in [3.05, 3.63) is 59.2 Å². The summed E-state index contributed by atoms with van der Waals surface area (Å²) in [7, 11) is -7.99. The number of halogens is 3. The second-order valence-electron chi connectivity index (χ2n) is 9.27. The summed E-state index contributed by atoms with van der Waals surface area (Å²) in [5.74, 6) is -2.40. The van der Waals surface area contributed by atoms with E-state index >= 15 is 0 Å². The Kier molecular flexibility index (Phi) is 9.26. The Hall–Kier alpha value is -3.50. The van der Waals surface area contributed by atoms with Crippen LogP contribution >= 0.6 is 0 Å². The predicted molar refractivity (Wildman–Crippen MR) is 136 cm³/mol. The lowest BCUT2D eigenvalue weighted by molar-refractivity contribution is -0.137. The first kappa shape index (κ1) is 31.0. The third kappa shape index (κ3) is 8.02. The molecule has 0 aromatic heterocycles. The third-order valence-electron chi connectivity index (χ3n) is 6.23. The monoisotopic (exact) mass is 604 g/mol. The Morgan fingerprint density at radius 3 is 2.00 bits per heavy atom. The summed E-state index contributed by atoms with van der Waals surface area (Å²) in [6.07, 6.45) is -1.60. The molecule has 3 amide bonds. The Morgan fingerprint density at radius 2 is 1.48 bits per heavy atom. The summed E-state index contributed by atoms with van der Waals surface area (Å²) in [6.45, 7) is -0.662. The number of hydrogen-bond donors (Lipinski definition) is 4. The molecule has 0 aliphatic heterocycles. The van der Waals surface area contributed by atoms with E-state index in [0.29, 0.717) is 31.0 Å². The van der Waals surface area contributed by atoms with Gasteiger partial charge in [-0.05, 0) is 55.3 Å². The zero-order valence-corrected chi connectivity index (χ0v) is 22.8. The Bertz CT molecular complexity index is 1510. The highest BCUT2D eigenvalue weighted by atomic mass is 32.2. The van der Waals surface area contributed by atoms with Crippen molar-refractivity contribution >= 4 is 37.6 Å². The zero-order valence-electron chi connectivity index (χ0n) is 21.1. The van der Waals surface area contributed by atoms with Crippen LogP contribution in [0.4, 0.5) is 13.2 Å². The van der Waals surface area contributed by atoms with Crippen LogP contribution in [0, 0.1) is 0 Å². The van der Waals surface area contributed by atoms with E-state index in [-0.39, 0.29) is 10.5 Å². The van der Waals surface area contributed by atoms with Gasteiger partial charge in [0, 0.05) is 23.9 Å². The van der Waals surface area contributed by atoms with Crippen LogP contribution in [0.15, 0.2) is 52.3 Å². The first-order chi connectivity index (χ1) is 18.5. The maximum Gasteiger partial charge on any atom is 0.416 e. The van der Waals surface area contributed by atoms with Gasteiger partial charge in [0.15, 0.2) is 9.84 Å². The lowest BCUT2D eigenvalue weighted by atomic mass is 9.90. The maximum absolute atomic E-state index is 13.1. The number of carbonyl (C=O) groups is 3. The molecular weight excluding hydrogens is 577 g/mol. The van der Waals surface area contributed by atoms with Crippen molar-refractivity contribution in [3.63, 3.8) is 0 Å². The van der Waals surface area contributed by atoms with Crippen LogP contribution < -0.4 is 21.1 Å². The van der Waals surface area contributed by atoms with Gasteiger partial charge in [0.05, 0.1) is 27.5 Å². The van der Waals surface area contributed by atoms with Gasteiger partial charge >= 0.3 is 6.18 Å². The molecule has 2 atom stereocenters. The molecule has 1 saturated carbocycles. The third-order valence-corrected chi connectivity index (χ3v) is 8.32.